The Kier molecular flexibility index (Phi) is 7.13. The minimum absolute atomic E-state index is 0. The first-order chi connectivity index (χ1) is 9.65. The fourth-order valence-electron chi connectivity index (χ4n) is 1.78. The van der Waals surface area contributed by atoms with Crippen molar-refractivity contribution in [3.05, 3.63) is 42.5 Å². The van der Waals surface area contributed by atoms with Crippen LogP contribution in [0.25, 0.3) is 0 Å². The van der Waals surface area contributed by atoms with Gasteiger partial charge in [0.2, 0.25) is 0 Å². The molecule has 21 heavy (non-hydrogen) atoms. The lowest BCUT2D eigenvalue weighted by Crippen LogP contribution is -2.23. The second-order valence-corrected chi connectivity index (χ2v) is 4.83. The van der Waals surface area contributed by atoms with Gasteiger partial charge in [-0.05, 0) is 23.6 Å². The van der Waals surface area contributed by atoms with Crippen LogP contribution < -0.4 is 11.1 Å². The highest BCUT2D eigenvalue weighted by molar-refractivity contribution is 14.0. The van der Waals surface area contributed by atoms with E-state index in [1.165, 1.54) is 11.9 Å². The highest BCUT2D eigenvalue weighted by Crippen LogP contribution is 2.18. The Morgan fingerprint density at radius 1 is 1.43 bits per heavy atom. The van der Waals surface area contributed by atoms with Crippen molar-refractivity contribution in [1.29, 1.82) is 0 Å². The maximum Gasteiger partial charge on any atom is 0.193 e. The lowest BCUT2D eigenvalue weighted by molar-refractivity contribution is 0.624. The van der Waals surface area contributed by atoms with Crippen LogP contribution in [0.2, 0.25) is 0 Å². The Balaban J connectivity index is 0.00000220. The molecule has 0 radical (unpaired) electrons. The quantitative estimate of drug-likeness (QED) is 0.459. The molecule has 114 valence electrons. The summed E-state index contributed by atoms with van der Waals surface area (Å²) in [6.45, 7) is 5.55. The van der Waals surface area contributed by atoms with Gasteiger partial charge in [-0.2, -0.15) is 5.10 Å². The molecule has 0 spiro atoms. The van der Waals surface area contributed by atoms with Gasteiger partial charge in [-0.3, -0.25) is 9.67 Å². The van der Waals surface area contributed by atoms with Gasteiger partial charge in [0.15, 0.2) is 5.96 Å². The number of nitrogens with two attached hydrogens (primary N) is 1. The predicted octanol–water partition coefficient (Wildman–Crippen LogP) is 2.45. The van der Waals surface area contributed by atoms with Gasteiger partial charge in [0.25, 0.3) is 0 Å². The Morgan fingerprint density at radius 2 is 2.24 bits per heavy atom. The lowest BCUT2D eigenvalue weighted by Gasteiger charge is -2.09. The molecule has 2 aromatic rings. The number of nitrogens with one attached hydrogen (secondary N) is 1. The molecule has 2 rings (SSSR count). The number of aromatic nitrogens is 3. The van der Waals surface area contributed by atoms with Gasteiger partial charge < -0.3 is 11.1 Å². The molecule has 1 heterocycles. The van der Waals surface area contributed by atoms with Gasteiger partial charge in [0, 0.05) is 5.69 Å². The molecule has 0 unspecified atom stereocenters. The molecule has 0 saturated carbocycles. The first-order valence-corrected chi connectivity index (χ1v) is 6.64. The van der Waals surface area contributed by atoms with Crippen LogP contribution in [-0.4, -0.2) is 27.3 Å². The summed E-state index contributed by atoms with van der Waals surface area (Å²) in [6, 6.07) is 8.18. The summed E-state index contributed by atoms with van der Waals surface area (Å²) in [7, 11) is 0. The van der Waals surface area contributed by atoms with Gasteiger partial charge >= 0.3 is 0 Å². The summed E-state index contributed by atoms with van der Waals surface area (Å²) >= 11 is 0. The standard InChI is InChI=1S/C14H20N6.HI/c1-11(2)12-4-3-5-13(8-12)19-14(15)17-6-7-20-10-16-9-18-20;/h3-5,8-11H,6-7H2,1-2H3,(H3,15,17,19);1H. The third kappa shape index (κ3) is 5.70. The highest BCUT2D eigenvalue weighted by Gasteiger charge is 2.01. The first-order valence-electron chi connectivity index (χ1n) is 6.64. The molecule has 6 nitrogen and oxygen atoms in total. The van der Waals surface area contributed by atoms with Crippen molar-refractivity contribution in [2.24, 2.45) is 10.7 Å². The molecule has 0 saturated heterocycles. The Hall–Kier alpha value is -1.64. The summed E-state index contributed by atoms with van der Waals surface area (Å²) in [6.07, 6.45) is 3.16. The van der Waals surface area contributed by atoms with Crippen LogP contribution >= 0.6 is 24.0 Å². The smallest absolute Gasteiger partial charge is 0.193 e. The molecule has 0 fully saturated rings. The van der Waals surface area contributed by atoms with Crippen LogP contribution in [0.3, 0.4) is 0 Å². The average Bonchev–Trinajstić information content (AvgIpc) is 2.92. The zero-order valence-corrected chi connectivity index (χ0v) is 14.6. The topological polar surface area (TPSA) is 81.1 Å². The van der Waals surface area contributed by atoms with E-state index in [1.807, 2.05) is 12.1 Å². The molecule has 0 aliphatic carbocycles. The molecule has 3 N–H and O–H groups in total. The monoisotopic (exact) mass is 400 g/mol. The van der Waals surface area contributed by atoms with Crippen molar-refractivity contribution < 1.29 is 0 Å². The number of anilines is 1. The number of hydrogen-bond donors (Lipinski definition) is 2. The largest absolute Gasteiger partial charge is 0.370 e. The van der Waals surface area contributed by atoms with Crippen molar-refractivity contribution in [3.63, 3.8) is 0 Å². The third-order valence-electron chi connectivity index (χ3n) is 2.90. The predicted molar refractivity (Wildman–Crippen MR) is 96.1 cm³/mol. The van der Waals surface area contributed by atoms with Gasteiger partial charge in [-0.1, -0.05) is 26.0 Å². The van der Waals surface area contributed by atoms with Gasteiger partial charge in [0.05, 0.1) is 13.1 Å². The molecular weight excluding hydrogens is 379 g/mol. The first kappa shape index (κ1) is 17.4. The minimum atomic E-state index is 0. The maximum atomic E-state index is 5.86. The van der Waals surface area contributed by atoms with Crippen molar-refractivity contribution >= 4 is 35.6 Å². The second kappa shape index (κ2) is 8.60. The SMILES string of the molecule is CC(C)c1cccc(NC(N)=NCCn2cncn2)c1.I. The molecule has 1 aromatic carbocycles. The zero-order valence-electron chi connectivity index (χ0n) is 12.2. The third-order valence-corrected chi connectivity index (χ3v) is 2.90. The summed E-state index contributed by atoms with van der Waals surface area (Å²) in [5.41, 5.74) is 8.09. The van der Waals surface area contributed by atoms with E-state index in [-0.39, 0.29) is 24.0 Å². The summed E-state index contributed by atoms with van der Waals surface area (Å²) in [4.78, 5) is 8.13. The molecule has 0 bridgehead atoms. The van der Waals surface area contributed by atoms with E-state index < -0.39 is 0 Å². The number of guanidine groups is 1. The van der Waals surface area contributed by atoms with E-state index in [9.17, 15) is 0 Å². The molecule has 0 aliphatic rings. The van der Waals surface area contributed by atoms with E-state index in [2.05, 4.69) is 46.4 Å². The maximum absolute atomic E-state index is 5.86. The number of nitrogens with zero attached hydrogens (tertiary/aromatic N) is 4. The number of hydrogen-bond acceptors (Lipinski definition) is 3. The normalized spacial score (nSPS) is 11.3. The average molecular weight is 400 g/mol. The molecule has 7 heteroatoms. The van der Waals surface area contributed by atoms with Crippen LogP contribution in [0.15, 0.2) is 41.9 Å². The molecule has 0 amide bonds. The van der Waals surface area contributed by atoms with Crippen LogP contribution in [0.5, 0.6) is 0 Å². The minimum Gasteiger partial charge on any atom is -0.370 e. The van der Waals surface area contributed by atoms with Gasteiger partial charge in [0.1, 0.15) is 12.7 Å². The van der Waals surface area contributed by atoms with Gasteiger partial charge in [-0.25, -0.2) is 4.98 Å². The Bertz CT molecular complexity index is 565. The fourth-order valence-corrected chi connectivity index (χ4v) is 1.78. The van der Waals surface area contributed by atoms with Gasteiger partial charge in [-0.15, -0.1) is 24.0 Å². The summed E-state index contributed by atoms with van der Waals surface area (Å²) < 4.78 is 1.72. The van der Waals surface area contributed by atoms with Crippen molar-refractivity contribution in [2.45, 2.75) is 26.3 Å². The van der Waals surface area contributed by atoms with E-state index in [0.717, 1.165) is 5.69 Å². The van der Waals surface area contributed by atoms with Crippen molar-refractivity contribution in [1.82, 2.24) is 14.8 Å². The van der Waals surface area contributed by atoms with E-state index >= 15 is 0 Å². The summed E-state index contributed by atoms with van der Waals surface area (Å²) in [5, 5.41) is 7.10. The lowest BCUT2D eigenvalue weighted by atomic mass is 10.0. The Morgan fingerprint density at radius 3 is 2.90 bits per heavy atom. The van der Waals surface area contributed by atoms with Crippen LogP contribution in [-0.2, 0) is 6.54 Å². The fraction of sp³-hybridized carbons (Fsp3) is 0.357. The summed E-state index contributed by atoms with van der Waals surface area (Å²) in [5.74, 6) is 0.897. The zero-order chi connectivity index (χ0) is 14.4. The number of rotatable bonds is 5. The van der Waals surface area contributed by atoms with E-state index in [1.54, 1.807) is 11.0 Å². The molecule has 0 atom stereocenters. The number of benzene rings is 1. The van der Waals surface area contributed by atoms with E-state index in [4.69, 9.17) is 5.73 Å². The molecule has 0 aliphatic heterocycles. The number of halogens is 1. The van der Waals surface area contributed by atoms with Crippen molar-refractivity contribution in [2.75, 3.05) is 11.9 Å². The van der Waals surface area contributed by atoms with Crippen LogP contribution in [0, 0.1) is 0 Å². The van der Waals surface area contributed by atoms with E-state index in [0.29, 0.717) is 25.0 Å². The Labute approximate surface area is 141 Å². The van der Waals surface area contributed by atoms with Crippen molar-refractivity contribution in [3.8, 4) is 0 Å². The highest BCUT2D eigenvalue weighted by atomic mass is 127. The number of aliphatic imine (C=N–C) groups is 1. The second-order valence-electron chi connectivity index (χ2n) is 4.83. The van der Waals surface area contributed by atoms with Crippen LogP contribution in [0.4, 0.5) is 5.69 Å². The molecule has 1 aromatic heterocycles. The molecular formula is C14H21IN6. The van der Waals surface area contributed by atoms with Crippen LogP contribution in [0.1, 0.15) is 25.3 Å².